The molecule has 0 saturated carbocycles. The van der Waals surface area contributed by atoms with Gasteiger partial charge in [-0.25, -0.2) is 4.39 Å². The van der Waals surface area contributed by atoms with Crippen molar-refractivity contribution in [1.29, 1.82) is 0 Å². The zero-order valence-electron chi connectivity index (χ0n) is 9.59. The van der Waals surface area contributed by atoms with Gasteiger partial charge in [-0.05, 0) is 40.2 Å². The van der Waals surface area contributed by atoms with Gasteiger partial charge in [-0.1, -0.05) is 0 Å². The lowest BCUT2D eigenvalue weighted by atomic mass is 10.2. The number of benzene rings is 1. The van der Waals surface area contributed by atoms with Crippen LogP contribution in [-0.2, 0) is 6.18 Å². The largest absolute Gasteiger partial charge is 0.416 e. The Balaban J connectivity index is 2.27. The van der Waals surface area contributed by atoms with Crippen LogP contribution in [0.5, 0.6) is 0 Å². The fourth-order valence-electron chi connectivity index (χ4n) is 1.41. The number of thiophene rings is 1. The second-order valence-electron chi connectivity index (χ2n) is 3.78. The van der Waals surface area contributed by atoms with Crippen LogP contribution in [0.2, 0.25) is 0 Å². The van der Waals surface area contributed by atoms with Crippen LogP contribution in [0, 0.1) is 5.82 Å². The molecule has 0 bridgehead atoms. The molecule has 1 heterocycles. The van der Waals surface area contributed by atoms with Crippen molar-refractivity contribution in [3.05, 3.63) is 50.4 Å². The van der Waals surface area contributed by atoms with Crippen LogP contribution in [0.15, 0.2) is 34.1 Å². The minimum absolute atomic E-state index is 0.258. The average molecular weight is 368 g/mol. The van der Waals surface area contributed by atoms with Gasteiger partial charge >= 0.3 is 6.18 Å². The summed E-state index contributed by atoms with van der Waals surface area (Å²) in [7, 11) is 0. The van der Waals surface area contributed by atoms with Crippen LogP contribution >= 0.6 is 27.3 Å². The zero-order chi connectivity index (χ0) is 14.9. The molecule has 2 aromatic rings. The van der Waals surface area contributed by atoms with Gasteiger partial charge < -0.3 is 5.32 Å². The quantitative estimate of drug-likeness (QED) is 0.749. The molecule has 0 unspecified atom stereocenters. The molecule has 0 aliphatic carbocycles. The zero-order valence-corrected chi connectivity index (χ0v) is 12.0. The van der Waals surface area contributed by atoms with E-state index >= 15 is 0 Å². The lowest BCUT2D eigenvalue weighted by Gasteiger charge is -2.10. The molecule has 1 N–H and O–H groups in total. The number of carbonyl (C=O) groups is 1. The van der Waals surface area contributed by atoms with E-state index in [-0.39, 0.29) is 4.88 Å². The van der Waals surface area contributed by atoms with Gasteiger partial charge in [0.1, 0.15) is 5.82 Å². The van der Waals surface area contributed by atoms with Crippen molar-refractivity contribution in [3.8, 4) is 0 Å². The maximum Gasteiger partial charge on any atom is 0.416 e. The Morgan fingerprint density at radius 1 is 1.25 bits per heavy atom. The lowest BCUT2D eigenvalue weighted by molar-refractivity contribution is -0.137. The van der Waals surface area contributed by atoms with Crippen molar-refractivity contribution in [1.82, 2.24) is 0 Å². The Morgan fingerprint density at radius 2 is 1.95 bits per heavy atom. The highest BCUT2D eigenvalue weighted by Gasteiger charge is 2.31. The van der Waals surface area contributed by atoms with E-state index in [4.69, 9.17) is 0 Å². The molecule has 1 amide bonds. The third kappa shape index (κ3) is 3.37. The Kier molecular flexibility index (Phi) is 4.14. The minimum atomic E-state index is -4.60. The minimum Gasteiger partial charge on any atom is -0.319 e. The lowest BCUT2D eigenvalue weighted by Crippen LogP contribution is -2.13. The van der Waals surface area contributed by atoms with Crippen molar-refractivity contribution in [2.24, 2.45) is 0 Å². The summed E-state index contributed by atoms with van der Waals surface area (Å²) < 4.78 is 51.7. The van der Waals surface area contributed by atoms with Gasteiger partial charge in [0, 0.05) is 9.85 Å². The summed E-state index contributed by atoms with van der Waals surface area (Å²) in [4.78, 5) is 12.0. The van der Waals surface area contributed by atoms with Crippen LogP contribution in [-0.4, -0.2) is 5.91 Å². The molecule has 2 rings (SSSR count). The van der Waals surface area contributed by atoms with Crippen LogP contribution in [0.25, 0.3) is 0 Å². The van der Waals surface area contributed by atoms with Gasteiger partial charge in [0.25, 0.3) is 5.91 Å². The average Bonchev–Trinajstić information content (AvgIpc) is 2.77. The van der Waals surface area contributed by atoms with E-state index < -0.39 is 29.2 Å². The maximum absolute atomic E-state index is 13.5. The number of amides is 1. The Morgan fingerprint density at radius 3 is 2.50 bits per heavy atom. The predicted molar refractivity (Wildman–Crippen MR) is 71.4 cm³/mol. The summed E-state index contributed by atoms with van der Waals surface area (Å²) in [6.07, 6.45) is -4.60. The highest BCUT2D eigenvalue weighted by atomic mass is 79.9. The maximum atomic E-state index is 13.5. The van der Waals surface area contributed by atoms with Gasteiger partial charge in [0.05, 0.1) is 16.1 Å². The summed E-state index contributed by atoms with van der Waals surface area (Å²) in [5.74, 6) is -1.60. The molecule has 20 heavy (non-hydrogen) atoms. The van der Waals surface area contributed by atoms with Crippen molar-refractivity contribution < 1.29 is 22.4 Å². The smallest absolute Gasteiger partial charge is 0.319 e. The van der Waals surface area contributed by atoms with Crippen molar-refractivity contribution in [2.45, 2.75) is 6.18 Å². The molecule has 0 spiro atoms. The number of hydrogen-bond acceptors (Lipinski definition) is 2. The normalized spacial score (nSPS) is 11.4. The summed E-state index contributed by atoms with van der Waals surface area (Å²) in [6.45, 7) is 0. The fraction of sp³-hybridized carbons (Fsp3) is 0.0833. The summed E-state index contributed by atoms with van der Waals surface area (Å²) >= 11 is 4.23. The monoisotopic (exact) mass is 367 g/mol. The van der Waals surface area contributed by atoms with Crippen LogP contribution in [0.3, 0.4) is 0 Å². The first-order valence-electron chi connectivity index (χ1n) is 5.19. The molecule has 0 aliphatic heterocycles. The Hall–Kier alpha value is -1.41. The third-order valence-corrected chi connectivity index (χ3v) is 4.02. The molecule has 2 nitrogen and oxygen atoms in total. The van der Waals surface area contributed by atoms with Crippen LogP contribution in [0.4, 0.5) is 23.2 Å². The number of anilines is 1. The Bertz CT molecular complexity index is 653. The number of alkyl halides is 3. The van der Waals surface area contributed by atoms with Gasteiger partial charge in [-0.15, -0.1) is 11.3 Å². The van der Waals surface area contributed by atoms with Crippen molar-refractivity contribution in [2.75, 3.05) is 5.32 Å². The molecule has 1 aromatic heterocycles. The molecular formula is C12H6BrF4NOS. The first-order chi connectivity index (χ1) is 9.27. The van der Waals surface area contributed by atoms with Crippen molar-refractivity contribution >= 4 is 38.9 Å². The van der Waals surface area contributed by atoms with E-state index in [9.17, 15) is 22.4 Å². The summed E-state index contributed by atoms with van der Waals surface area (Å²) in [5.41, 5.74) is -1.53. The number of nitrogens with one attached hydrogen (secondary N) is 1. The summed E-state index contributed by atoms with van der Waals surface area (Å²) in [5, 5.41) is 3.76. The number of rotatable bonds is 2. The highest BCUT2D eigenvalue weighted by molar-refractivity contribution is 9.10. The second kappa shape index (κ2) is 5.53. The molecule has 0 aliphatic rings. The van der Waals surface area contributed by atoms with E-state index in [0.29, 0.717) is 22.7 Å². The predicted octanol–water partition coefficient (Wildman–Crippen LogP) is 4.92. The molecule has 1 aromatic carbocycles. The molecule has 106 valence electrons. The van der Waals surface area contributed by atoms with E-state index in [0.717, 1.165) is 11.3 Å². The third-order valence-electron chi connectivity index (χ3n) is 2.33. The van der Waals surface area contributed by atoms with Gasteiger partial charge in [-0.2, -0.15) is 13.2 Å². The Labute approximate surface area is 123 Å². The number of hydrogen-bond donors (Lipinski definition) is 1. The van der Waals surface area contributed by atoms with Gasteiger partial charge in [-0.3, -0.25) is 4.79 Å². The first kappa shape index (κ1) is 15.0. The van der Waals surface area contributed by atoms with Crippen LogP contribution in [0.1, 0.15) is 15.2 Å². The van der Waals surface area contributed by atoms with E-state index in [1.807, 2.05) is 0 Å². The van der Waals surface area contributed by atoms with E-state index in [1.54, 1.807) is 5.38 Å². The van der Waals surface area contributed by atoms with Gasteiger partial charge in [0.15, 0.2) is 0 Å². The first-order valence-corrected chi connectivity index (χ1v) is 6.87. The molecule has 0 atom stereocenters. The number of halogens is 5. The standard InChI is InChI=1S/C12H6BrF4NOS/c13-7-4-10(20-5-7)11(19)18-9-3-6(12(15,16)17)1-2-8(9)14/h1-5H,(H,18,19). The molecular weight excluding hydrogens is 362 g/mol. The van der Waals surface area contributed by atoms with Crippen LogP contribution < -0.4 is 5.32 Å². The summed E-state index contributed by atoms with van der Waals surface area (Å²) in [6, 6.07) is 3.34. The number of carbonyl (C=O) groups excluding carboxylic acids is 1. The van der Waals surface area contributed by atoms with Crippen molar-refractivity contribution in [3.63, 3.8) is 0 Å². The molecule has 8 heteroatoms. The molecule has 0 fully saturated rings. The second-order valence-corrected chi connectivity index (χ2v) is 5.60. The van der Waals surface area contributed by atoms with E-state index in [2.05, 4.69) is 21.2 Å². The highest BCUT2D eigenvalue weighted by Crippen LogP contribution is 2.32. The fourth-order valence-corrected chi connectivity index (χ4v) is 2.73. The molecule has 0 saturated heterocycles. The van der Waals surface area contributed by atoms with E-state index in [1.165, 1.54) is 6.07 Å². The molecule has 0 radical (unpaired) electrons. The van der Waals surface area contributed by atoms with Gasteiger partial charge in [0.2, 0.25) is 0 Å². The topological polar surface area (TPSA) is 29.1 Å². The SMILES string of the molecule is O=C(Nc1cc(C(F)(F)F)ccc1F)c1cc(Br)cs1.